The molecule has 0 spiro atoms. The predicted molar refractivity (Wildman–Crippen MR) is 70.6 cm³/mol. The number of carboxylic acid groups (broad SMARTS) is 1. The van der Waals surface area contributed by atoms with Crippen molar-refractivity contribution in [3.8, 4) is 0 Å². The van der Waals surface area contributed by atoms with E-state index in [0.29, 0.717) is 11.6 Å². The number of carboxylic acids is 1. The SMILES string of the molecule is Cc1cc(N)cnc1N1CCC(CC(=O)O)CC1. The molecule has 2 heterocycles. The van der Waals surface area contributed by atoms with E-state index in [4.69, 9.17) is 10.8 Å². The smallest absolute Gasteiger partial charge is 0.303 e. The van der Waals surface area contributed by atoms with E-state index < -0.39 is 5.97 Å². The summed E-state index contributed by atoms with van der Waals surface area (Å²) in [5, 5.41) is 8.78. The molecule has 2 rings (SSSR count). The van der Waals surface area contributed by atoms with E-state index in [1.54, 1.807) is 6.20 Å². The van der Waals surface area contributed by atoms with Gasteiger partial charge >= 0.3 is 5.97 Å². The van der Waals surface area contributed by atoms with Crippen LogP contribution in [0.15, 0.2) is 12.3 Å². The Kier molecular flexibility index (Phi) is 3.69. The number of nitrogens with two attached hydrogens (primary N) is 1. The van der Waals surface area contributed by atoms with Crippen LogP contribution in [0.4, 0.5) is 11.5 Å². The molecule has 1 aromatic heterocycles. The van der Waals surface area contributed by atoms with Crippen LogP contribution >= 0.6 is 0 Å². The lowest BCUT2D eigenvalue weighted by atomic mass is 9.93. The van der Waals surface area contributed by atoms with Crippen LogP contribution in [0.25, 0.3) is 0 Å². The monoisotopic (exact) mass is 249 g/mol. The number of anilines is 2. The Morgan fingerprint density at radius 2 is 2.22 bits per heavy atom. The summed E-state index contributed by atoms with van der Waals surface area (Å²) in [4.78, 5) is 17.3. The van der Waals surface area contributed by atoms with E-state index in [1.165, 1.54) is 0 Å². The Hall–Kier alpha value is -1.78. The molecule has 98 valence electrons. The van der Waals surface area contributed by atoms with Gasteiger partial charge in [-0.3, -0.25) is 4.79 Å². The van der Waals surface area contributed by atoms with E-state index >= 15 is 0 Å². The van der Waals surface area contributed by atoms with Crippen molar-refractivity contribution in [3.63, 3.8) is 0 Å². The van der Waals surface area contributed by atoms with Gasteiger partial charge in [0.25, 0.3) is 0 Å². The number of nitrogens with zero attached hydrogens (tertiary/aromatic N) is 2. The molecule has 1 aromatic rings. The summed E-state index contributed by atoms with van der Waals surface area (Å²) >= 11 is 0. The van der Waals surface area contributed by atoms with Gasteiger partial charge in [0.05, 0.1) is 11.9 Å². The molecule has 5 nitrogen and oxygen atoms in total. The maximum atomic E-state index is 10.7. The van der Waals surface area contributed by atoms with E-state index in [9.17, 15) is 4.79 Å². The first kappa shape index (κ1) is 12.7. The molecule has 0 amide bonds. The van der Waals surface area contributed by atoms with Crippen LogP contribution in [-0.2, 0) is 4.79 Å². The first-order valence-electron chi connectivity index (χ1n) is 6.25. The molecule has 0 atom stereocenters. The van der Waals surface area contributed by atoms with E-state index in [1.807, 2.05) is 13.0 Å². The zero-order chi connectivity index (χ0) is 13.1. The third-order valence-corrected chi connectivity index (χ3v) is 3.45. The van der Waals surface area contributed by atoms with Crippen molar-refractivity contribution >= 4 is 17.5 Å². The fraction of sp³-hybridized carbons (Fsp3) is 0.538. The first-order chi connectivity index (χ1) is 8.56. The molecule has 1 saturated heterocycles. The van der Waals surface area contributed by atoms with E-state index in [0.717, 1.165) is 37.3 Å². The lowest BCUT2D eigenvalue weighted by Crippen LogP contribution is -2.35. The minimum absolute atomic E-state index is 0.280. The zero-order valence-electron chi connectivity index (χ0n) is 10.6. The lowest BCUT2D eigenvalue weighted by molar-refractivity contribution is -0.138. The van der Waals surface area contributed by atoms with Crippen molar-refractivity contribution < 1.29 is 9.90 Å². The van der Waals surface area contributed by atoms with Crippen molar-refractivity contribution in [1.82, 2.24) is 4.98 Å². The zero-order valence-corrected chi connectivity index (χ0v) is 10.6. The number of hydrogen-bond donors (Lipinski definition) is 2. The van der Waals surface area contributed by atoms with Gasteiger partial charge in [0.15, 0.2) is 0 Å². The van der Waals surface area contributed by atoms with Gasteiger partial charge in [-0.25, -0.2) is 4.98 Å². The maximum absolute atomic E-state index is 10.7. The molecule has 5 heteroatoms. The highest BCUT2D eigenvalue weighted by atomic mass is 16.4. The van der Waals surface area contributed by atoms with E-state index in [2.05, 4.69) is 9.88 Å². The summed E-state index contributed by atoms with van der Waals surface area (Å²) < 4.78 is 0. The van der Waals surface area contributed by atoms with E-state index in [-0.39, 0.29) is 6.42 Å². The topological polar surface area (TPSA) is 79.5 Å². The minimum Gasteiger partial charge on any atom is -0.481 e. The fourth-order valence-electron chi connectivity index (χ4n) is 2.52. The third-order valence-electron chi connectivity index (χ3n) is 3.45. The molecular weight excluding hydrogens is 230 g/mol. The Morgan fingerprint density at radius 1 is 1.56 bits per heavy atom. The van der Waals surface area contributed by atoms with Crippen molar-refractivity contribution in [2.45, 2.75) is 26.2 Å². The Bertz CT molecular complexity index is 440. The average molecular weight is 249 g/mol. The van der Waals surface area contributed by atoms with Gasteiger partial charge in [0.2, 0.25) is 0 Å². The second-order valence-electron chi connectivity index (χ2n) is 4.94. The second-order valence-corrected chi connectivity index (χ2v) is 4.94. The molecule has 1 aliphatic rings. The Balaban J connectivity index is 1.99. The highest BCUT2D eigenvalue weighted by Crippen LogP contribution is 2.26. The number of carbonyl (C=O) groups is 1. The third kappa shape index (κ3) is 2.91. The number of aromatic nitrogens is 1. The van der Waals surface area contributed by atoms with Gasteiger partial charge in [-0.05, 0) is 37.3 Å². The molecule has 0 aliphatic carbocycles. The molecule has 0 aromatic carbocycles. The molecule has 1 fully saturated rings. The van der Waals surface area contributed by atoms with Gasteiger partial charge in [-0.15, -0.1) is 0 Å². The number of piperidine rings is 1. The largest absolute Gasteiger partial charge is 0.481 e. The van der Waals surface area contributed by atoms with Crippen molar-refractivity contribution in [2.24, 2.45) is 5.92 Å². The van der Waals surface area contributed by atoms with Gasteiger partial charge in [0, 0.05) is 19.5 Å². The number of aryl methyl sites for hydroxylation is 1. The van der Waals surface area contributed by atoms with Crippen molar-refractivity contribution in [2.75, 3.05) is 23.7 Å². The summed E-state index contributed by atoms with van der Waals surface area (Å²) in [5.74, 6) is 0.570. The molecular formula is C13H19N3O2. The molecule has 1 aliphatic heterocycles. The van der Waals surface area contributed by atoms with Crippen LogP contribution in [-0.4, -0.2) is 29.1 Å². The minimum atomic E-state index is -0.699. The second kappa shape index (κ2) is 5.25. The van der Waals surface area contributed by atoms with Crippen molar-refractivity contribution in [3.05, 3.63) is 17.8 Å². The summed E-state index contributed by atoms with van der Waals surface area (Å²) in [5.41, 5.74) is 7.44. The summed E-state index contributed by atoms with van der Waals surface area (Å²) in [6.45, 7) is 3.74. The number of rotatable bonds is 3. The number of aliphatic carboxylic acids is 1. The number of hydrogen-bond acceptors (Lipinski definition) is 4. The van der Waals surface area contributed by atoms with Crippen LogP contribution in [0, 0.1) is 12.8 Å². The van der Waals surface area contributed by atoms with Crippen LogP contribution in [0.3, 0.4) is 0 Å². The molecule has 0 radical (unpaired) electrons. The highest BCUT2D eigenvalue weighted by Gasteiger charge is 2.22. The predicted octanol–water partition coefficient (Wildman–Crippen LogP) is 1.66. The summed E-state index contributed by atoms with van der Waals surface area (Å²) in [7, 11) is 0. The normalized spacial score (nSPS) is 16.8. The van der Waals surface area contributed by atoms with Gasteiger partial charge in [-0.2, -0.15) is 0 Å². The van der Waals surface area contributed by atoms with Gasteiger partial charge in [0.1, 0.15) is 5.82 Å². The van der Waals surface area contributed by atoms with Crippen LogP contribution < -0.4 is 10.6 Å². The first-order valence-corrected chi connectivity index (χ1v) is 6.25. The summed E-state index contributed by atoms with van der Waals surface area (Å²) in [6, 6.07) is 1.92. The lowest BCUT2D eigenvalue weighted by Gasteiger charge is -2.33. The maximum Gasteiger partial charge on any atom is 0.303 e. The van der Waals surface area contributed by atoms with Gasteiger partial charge in [-0.1, -0.05) is 0 Å². The van der Waals surface area contributed by atoms with Crippen LogP contribution in [0.2, 0.25) is 0 Å². The Labute approximate surface area is 107 Å². The van der Waals surface area contributed by atoms with Crippen LogP contribution in [0.5, 0.6) is 0 Å². The summed E-state index contributed by atoms with van der Waals surface area (Å²) in [6.07, 6.45) is 3.78. The average Bonchev–Trinajstić information content (AvgIpc) is 2.30. The molecule has 3 N–H and O–H groups in total. The molecule has 18 heavy (non-hydrogen) atoms. The van der Waals surface area contributed by atoms with Crippen LogP contribution in [0.1, 0.15) is 24.8 Å². The quantitative estimate of drug-likeness (QED) is 0.851. The van der Waals surface area contributed by atoms with Crippen molar-refractivity contribution in [1.29, 1.82) is 0 Å². The number of pyridine rings is 1. The highest BCUT2D eigenvalue weighted by molar-refractivity contribution is 5.67. The molecule has 0 bridgehead atoms. The molecule has 0 saturated carbocycles. The Morgan fingerprint density at radius 3 is 2.78 bits per heavy atom. The molecule has 0 unspecified atom stereocenters. The fourth-order valence-corrected chi connectivity index (χ4v) is 2.52. The van der Waals surface area contributed by atoms with Gasteiger partial charge < -0.3 is 15.7 Å². The standard InChI is InChI=1S/C13H19N3O2/c1-9-6-11(14)8-15-13(9)16-4-2-10(3-5-16)7-12(17)18/h6,8,10H,2-5,7,14H2,1H3,(H,17,18). The number of nitrogen functional groups attached to an aromatic ring is 1.